The van der Waals surface area contributed by atoms with Gasteiger partial charge in [-0.1, -0.05) is 24.3 Å². The van der Waals surface area contributed by atoms with Crippen LogP contribution in [0.1, 0.15) is 24.1 Å². The van der Waals surface area contributed by atoms with Gasteiger partial charge in [0.1, 0.15) is 12.0 Å². The van der Waals surface area contributed by atoms with Crippen LogP contribution in [0, 0.1) is 5.92 Å². The van der Waals surface area contributed by atoms with Crippen molar-refractivity contribution in [2.75, 3.05) is 24.6 Å². The summed E-state index contributed by atoms with van der Waals surface area (Å²) < 4.78 is 3.91. The summed E-state index contributed by atoms with van der Waals surface area (Å²) in [4.78, 5) is 16.1. The molecule has 1 aromatic carbocycles. The molecule has 0 radical (unpaired) electrons. The van der Waals surface area contributed by atoms with E-state index in [1.807, 2.05) is 30.3 Å². The van der Waals surface area contributed by atoms with Crippen molar-refractivity contribution in [3.05, 3.63) is 84.8 Å². The number of aliphatic hydroxyl groups excluding tert-OH is 1. The van der Waals surface area contributed by atoms with E-state index in [1.54, 1.807) is 6.33 Å². The minimum absolute atomic E-state index is 0.264. The van der Waals surface area contributed by atoms with Crippen LogP contribution < -0.4 is 4.90 Å². The van der Waals surface area contributed by atoms with Crippen LogP contribution in [0.25, 0.3) is 28.2 Å². The van der Waals surface area contributed by atoms with Gasteiger partial charge in [0, 0.05) is 62.1 Å². The molecule has 188 valence electrons. The average molecular weight is 494 g/mol. The Morgan fingerprint density at radius 2 is 1.86 bits per heavy atom. The van der Waals surface area contributed by atoms with E-state index < -0.39 is 0 Å². The van der Waals surface area contributed by atoms with Gasteiger partial charge in [-0.25, -0.2) is 15.0 Å². The highest BCUT2D eigenvalue weighted by Crippen LogP contribution is 2.28. The molecule has 1 aliphatic rings. The smallest absolute Gasteiger partial charge is 0.139 e. The first-order valence-corrected chi connectivity index (χ1v) is 12.9. The van der Waals surface area contributed by atoms with Crippen LogP contribution in [0.15, 0.2) is 73.6 Å². The van der Waals surface area contributed by atoms with E-state index in [1.165, 1.54) is 16.8 Å². The zero-order chi connectivity index (χ0) is 25.2. The van der Waals surface area contributed by atoms with E-state index in [0.29, 0.717) is 5.92 Å². The first-order chi connectivity index (χ1) is 18.2. The summed E-state index contributed by atoms with van der Waals surface area (Å²) in [6.45, 7) is 2.28. The Morgan fingerprint density at radius 1 is 0.973 bits per heavy atom. The molecule has 1 N–H and O–H groups in total. The third-order valence-electron chi connectivity index (χ3n) is 7.33. The number of anilines is 1. The largest absolute Gasteiger partial charge is 0.396 e. The molecule has 5 heterocycles. The van der Waals surface area contributed by atoms with Gasteiger partial charge in [-0.2, -0.15) is 5.10 Å². The maximum Gasteiger partial charge on any atom is 0.139 e. The molecule has 5 aromatic rings. The van der Waals surface area contributed by atoms with Gasteiger partial charge in [0.2, 0.25) is 0 Å². The summed E-state index contributed by atoms with van der Waals surface area (Å²) in [5.41, 5.74) is 8.52. The highest BCUT2D eigenvalue weighted by Gasteiger charge is 2.22. The lowest BCUT2D eigenvalue weighted by atomic mass is 10.0. The second kappa shape index (κ2) is 10.1. The first-order valence-electron chi connectivity index (χ1n) is 12.9. The van der Waals surface area contributed by atoms with Crippen molar-refractivity contribution in [2.45, 2.75) is 25.7 Å². The van der Waals surface area contributed by atoms with Crippen molar-refractivity contribution >= 4 is 11.3 Å². The molecule has 1 aliphatic heterocycles. The lowest BCUT2D eigenvalue weighted by molar-refractivity contribution is 0.263. The van der Waals surface area contributed by atoms with Gasteiger partial charge in [0.05, 0.1) is 23.8 Å². The molecule has 0 saturated carbocycles. The van der Waals surface area contributed by atoms with Crippen LogP contribution in [0.4, 0.5) is 5.69 Å². The van der Waals surface area contributed by atoms with Crippen LogP contribution in [0.5, 0.6) is 0 Å². The molecule has 37 heavy (non-hydrogen) atoms. The molecule has 4 aromatic heterocycles. The number of fused-ring (bicyclic) bond motifs is 1. The SMILES string of the molecule is Cn1cc(-c2ccc(CCc3cc(-c4cnc5cc(N6CCC(CCO)C6)ccn45)ncn3)cc2)cn1. The molecule has 8 nitrogen and oxygen atoms in total. The molecule has 8 heteroatoms. The number of rotatable bonds is 8. The molecule has 0 aliphatic carbocycles. The zero-order valence-corrected chi connectivity index (χ0v) is 21.0. The van der Waals surface area contributed by atoms with Crippen molar-refractivity contribution in [1.29, 1.82) is 0 Å². The van der Waals surface area contributed by atoms with Crippen molar-refractivity contribution in [1.82, 2.24) is 29.1 Å². The van der Waals surface area contributed by atoms with Gasteiger partial charge >= 0.3 is 0 Å². The van der Waals surface area contributed by atoms with Gasteiger partial charge in [-0.3, -0.25) is 9.08 Å². The molecule has 6 rings (SSSR count). The fourth-order valence-electron chi connectivity index (χ4n) is 5.22. The summed E-state index contributed by atoms with van der Waals surface area (Å²) in [7, 11) is 1.93. The number of hydrogen-bond acceptors (Lipinski definition) is 6. The van der Waals surface area contributed by atoms with E-state index in [0.717, 1.165) is 67.1 Å². The number of aryl methyl sites for hydroxylation is 3. The number of aromatic nitrogens is 6. The summed E-state index contributed by atoms with van der Waals surface area (Å²) in [5, 5.41) is 13.5. The van der Waals surface area contributed by atoms with E-state index in [-0.39, 0.29) is 6.61 Å². The molecule has 1 saturated heterocycles. The standard InChI is InChI=1S/C29H31N7O/c1-34-19-24(16-33-34)23-5-2-21(3-6-23)4-7-25-14-27(32-20-31-25)28-17-30-29-15-26(9-12-36(28)29)35-11-8-22(18-35)10-13-37/h2-3,5-6,9,12,14-17,19-20,22,37H,4,7-8,10-11,13,18H2,1H3. The summed E-state index contributed by atoms with van der Waals surface area (Å²) in [6, 6.07) is 15.0. The monoisotopic (exact) mass is 493 g/mol. The van der Waals surface area contributed by atoms with Crippen LogP contribution in [0.2, 0.25) is 0 Å². The van der Waals surface area contributed by atoms with Gasteiger partial charge in [-0.15, -0.1) is 0 Å². The molecular weight excluding hydrogens is 462 g/mol. The topological polar surface area (TPSA) is 84.4 Å². The van der Waals surface area contributed by atoms with Gasteiger partial charge in [0.15, 0.2) is 0 Å². The highest BCUT2D eigenvalue weighted by molar-refractivity contribution is 5.65. The van der Waals surface area contributed by atoms with Gasteiger partial charge in [0.25, 0.3) is 0 Å². The second-order valence-corrected chi connectivity index (χ2v) is 9.86. The Morgan fingerprint density at radius 3 is 2.68 bits per heavy atom. The molecule has 1 unspecified atom stereocenters. The fourth-order valence-corrected chi connectivity index (χ4v) is 5.22. The third kappa shape index (κ3) is 4.97. The average Bonchev–Trinajstić information content (AvgIpc) is 3.68. The van der Waals surface area contributed by atoms with Crippen LogP contribution in [-0.2, 0) is 19.9 Å². The Bertz CT molecular complexity index is 1500. The van der Waals surface area contributed by atoms with Crippen LogP contribution >= 0.6 is 0 Å². The third-order valence-corrected chi connectivity index (χ3v) is 7.33. The van der Waals surface area contributed by atoms with Crippen molar-refractivity contribution in [3.8, 4) is 22.5 Å². The Kier molecular flexibility index (Phi) is 6.40. The maximum atomic E-state index is 9.25. The van der Waals surface area contributed by atoms with E-state index >= 15 is 0 Å². The Labute approximate surface area is 216 Å². The number of nitrogens with zero attached hydrogens (tertiary/aromatic N) is 7. The lowest BCUT2D eigenvalue weighted by Gasteiger charge is -2.18. The van der Waals surface area contributed by atoms with E-state index in [2.05, 4.69) is 78.0 Å². The van der Waals surface area contributed by atoms with Crippen molar-refractivity contribution in [3.63, 3.8) is 0 Å². The quantitative estimate of drug-likeness (QED) is 0.349. The Hall–Kier alpha value is -4.04. The number of pyridine rings is 1. The lowest BCUT2D eigenvalue weighted by Crippen LogP contribution is -2.20. The first kappa shape index (κ1) is 23.4. The van der Waals surface area contributed by atoms with Crippen LogP contribution in [0.3, 0.4) is 0 Å². The molecule has 0 amide bonds. The molecule has 0 bridgehead atoms. The minimum Gasteiger partial charge on any atom is -0.396 e. The maximum absolute atomic E-state index is 9.25. The normalized spacial score (nSPS) is 15.6. The van der Waals surface area contributed by atoms with Crippen LogP contribution in [-0.4, -0.2) is 53.9 Å². The zero-order valence-electron chi connectivity index (χ0n) is 21.0. The summed E-state index contributed by atoms with van der Waals surface area (Å²) in [5.74, 6) is 0.565. The second-order valence-electron chi connectivity index (χ2n) is 9.86. The van der Waals surface area contributed by atoms with Gasteiger partial charge < -0.3 is 10.0 Å². The fraction of sp³-hybridized carbons (Fsp3) is 0.310. The van der Waals surface area contributed by atoms with Crippen molar-refractivity contribution in [2.24, 2.45) is 13.0 Å². The molecule has 0 spiro atoms. The molecule has 1 atom stereocenters. The summed E-state index contributed by atoms with van der Waals surface area (Å²) in [6.07, 6.45) is 13.3. The van der Waals surface area contributed by atoms with E-state index in [4.69, 9.17) is 0 Å². The predicted octanol–water partition coefficient (Wildman–Crippen LogP) is 4.19. The number of imidazole rings is 1. The number of hydrogen-bond donors (Lipinski definition) is 1. The van der Waals surface area contributed by atoms with Crippen molar-refractivity contribution < 1.29 is 5.11 Å². The summed E-state index contributed by atoms with van der Waals surface area (Å²) >= 11 is 0. The number of benzene rings is 1. The highest BCUT2D eigenvalue weighted by atomic mass is 16.3. The van der Waals surface area contributed by atoms with E-state index in [9.17, 15) is 5.11 Å². The van der Waals surface area contributed by atoms with Gasteiger partial charge in [-0.05, 0) is 54.9 Å². The Balaban J connectivity index is 1.15. The minimum atomic E-state index is 0.264. The molecule has 1 fully saturated rings. The predicted molar refractivity (Wildman–Crippen MR) is 144 cm³/mol. The molecular formula is C29H31N7O. The number of aliphatic hydroxyl groups is 1.